The van der Waals surface area contributed by atoms with E-state index in [1.165, 1.54) is 76.3 Å². The Balaban J connectivity index is 1.23. The summed E-state index contributed by atoms with van der Waals surface area (Å²) in [5.41, 5.74) is 11.4. The SMILES string of the molecule is c1ccc(C2NC(c3cccc(-n4c5ccc6ccccc6c5c5c6ccccc6c6c7ccccc7n(-c7ccccc7)c6c54)c3)=Nc3ccccc32)cc1. The number of benzene rings is 9. The zero-order valence-corrected chi connectivity index (χ0v) is 30.4. The van der Waals surface area contributed by atoms with Gasteiger partial charge in [0.05, 0.1) is 33.8 Å². The van der Waals surface area contributed by atoms with Gasteiger partial charge in [-0.2, -0.15) is 0 Å². The normalized spacial score (nSPS) is 14.1. The van der Waals surface area contributed by atoms with Crippen molar-refractivity contribution in [3.63, 3.8) is 0 Å². The predicted molar refractivity (Wildman–Crippen MR) is 234 cm³/mol. The van der Waals surface area contributed by atoms with E-state index in [-0.39, 0.29) is 6.04 Å². The molecule has 0 amide bonds. The molecule has 0 fully saturated rings. The molecule has 1 aliphatic heterocycles. The van der Waals surface area contributed by atoms with Crippen molar-refractivity contribution in [1.82, 2.24) is 14.5 Å². The van der Waals surface area contributed by atoms with Gasteiger partial charge in [-0.1, -0.05) is 152 Å². The molecule has 56 heavy (non-hydrogen) atoms. The van der Waals surface area contributed by atoms with Crippen LogP contribution in [0.2, 0.25) is 0 Å². The van der Waals surface area contributed by atoms with Crippen molar-refractivity contribution in [2.75, 3.05) is 0 Å². The maximum absolute atomic E-state index is 5.25. The number of nitrogens with one attached hydrogen (secondary N) is 1. The quantitative estimate of drug-likeness (QED) is 0.193. The second-order valence-corrected chi connectivity index (χ2v) is 14.8. The number of para-hydroxylation sites is 3. The Hall–Kier alpha value is -7.43. The van der Waals surface area contributed by atoms with Gasteiger partial charge < -0.3 is 14.5 Å². The van der Waals surface area contributed by atoms with Crippen LogP contribution in [0.5, 0.6) is 0 Å². The van der Waals surface area contributed by atoms with E-state index in [0.717, 1.165) is 28.5 Å². The van der Waals surface area contributed by atoms with Crippen molar-refractivity contribution in [2.45, 2.75) is 6.04 Å². The molecule has 0 bridgehead atoms. The largest absolute Gasteiger partial charge is 0.359 e. The minimum atomic E-state index is -0.0178. The number of hydrogen-bond acceptors (Lipinski definition) is 2. The molecule has 1 aliphatic rings. The van der Waals surface area contributed by atoms with E-state index in [4.69, 9.17) is 4.99 Å². The molecule has 0 spiro atoms. The molecule has 11 aromatic rings. The number of fused-ring (bicyclic) bond motifs is 13. The van der Waals surface area contributed by atoms with Crippen LogP contribution in [0.3, 0.4) is 0 Å². The van der Waals surface area contributed by atoms with E-state index >= 15 is 0 Å². The molecular weight excluding hydrogens is 681 g/mol. The summed E-state index contributed by atoms with van der Waals surface area (Å²) in [6.07, 6.45) is 0. The van der Waals surface area contributed by atoms with E-state index in [1.54, 1.807) is 0 Å². The molecule has 262 valence electrons. The molecule has 0 radical (unpaired) electrons. The van der Waals surface area contributed by atoms with Crippen LogP contribution >= 0.6 is 0 Å². The van der Waals surface area contributed by atoms with E-state index in [1.807, 2.05) is 0 Å². The lowest BCUT2D eigenvalue weighted by atomic mass is 9.95. The maximum Gasteiger partial charge on any atom is 0.134 e. The van der Waals surface area contributed by atoms with Crippen molar-refractivity contribution in [3.05, 3.63) is 211 Å². The summed E-state index contributed by atoms with van der Waals surface area (Å²) in [6, 6.07) is 70.2. The fraction of sp³-hybridized carbons (Fsp3) is 0.0192. The van der Waals surface area contributed by atoms with Crippen LogP contribution in [-0.4, -0.2) is 15.0 Å². The third kappa shape index (κ3) is 4.44. The van der Waals surface area contributed by atoms with E-state index in [9.17, 15) is 0 Å². The van der Waals surface area contributed by atoms with Gasteiger partial charge >= 0.3 is 0 Å². The summed E-state index contributed by atoms with van der Waals surface area (Å²) in [5.74, 6) is 0.861. The average Bonchev–Trinajstić information content (AvgIpc) is 3.81. The Labute approximate surface area is 323 Å². The summed E-state index contributed by atoms with van der Waals surface area (Å²) in [7, 11) is 0. The molecule has 0 saturated heterocycles. The summed E-state index contributed by atoms with van der Waals surface area (Å²) in [6.45, 7) is 0. The molecule has 2 aromatic heterocycles. The Bertz CT molecular complexity index is 3390. The standard InChI is InChI=1S/C52H34N4/c1-3-17-34(18-4-1)49-41-26-11-13-28-43(41)53-52(54-49)35-19-15-22-37(32-35)56-45-31-30-33-16-7-8-23-38(33)47(45)48-40-25-10-9-24-39(40)46-42-27-12-14-29-44(42)55(50(46)51(48)56)36-20-5-2-6-21-36/h1-32,49H,(H,53,54). The lowest BCUT2D eigenvalue weighted by molar-refractivity contribution is 0.749. The lowest BCUT2D eigenvalue weighted by Gasteiger charge is -2.28. The highest BCUT2D eigenvalue weighted by atomic mass is 15.1. The Morgan fingerprint density at radius 3 is 1.89 bits per heavy atom. The first kappa shape index (κ1) is 31.0. The highest BCUT2D eigenvalue weighted by molar-refractivity contribution is 6.39. The van der Waals surface area contributed by atoms with Gasteiger partial charge in [0.25, 0.3) is 0 Å². The van der Waals surface area contributed by atoms with E-state index < -0.39 is 0 Å². The van der Waals surface area contributed by atoms with Crippen LogP contribution in [0.4, 0.5) is 5.69 Å². The van der Waals surface area contributed by atoms with Crippen LogP contribution in [0.25, 0.3) is 76.5 Å². The molecule has 1 N–H and O–H groups in total. The van der Waals surface area contributed by atoms with Crippen LogP contribution in [-0.2, 0) is 0 Å². The van der Waals surface area contributed by atoms with Crippen molar-refractivity contribution >= 4 is 76.7 Å². The van der Waals surface area contributed by atoms with Crippen LogP contribution in [0.1, 0.15) is 22.7 Å². The molecule has 1 atom stereocenters. The Morgan fingerprint density at radius 2 is 1.05 bits per heavy atom. The van der Waals surface area contributed by atoms with Gasteiger partial charge in [-0.3, -0.25) is 0 Å². The predicted octanol–water partition coefficient (Wildman–Crippen LogP) is 13.0. The van der Waals surface area contributed by atoms with Gasteiger partial charge in [0.1, 0.15) is 5.84 Å². The highest BCUT2D eigenvalue weighted by Gasteiger charge is 2.27. The minimum absolute atomic E-state index is 0.0178. The molecule has 12 rings (SSSR count). The van der Waals surface area contributed by atoms with Crippen LogP contribution in [0, 0.1) is 0 Å². The van der Waals surface area contributed by atoms with Crippen molar-refractivity contribution < 1.29 is 0 Å². The summed E-state index contributed by atoms with van der Waals surface area (Å²) in [4.78, 5) is 5.25. The third-order valence-corrected chi connectivity index (χ3v) is 11.7. The molecule has 0 saturated carbocycles. The summed E-state index contributed by atoms with van der Waals surface area (Å²) < 4.78 is 4.99. The second-order valence-electron chi connectivity index (χ2n) is 14.8. The molecule has 4 heteroatoms. The van der Waals surface area contributed by atoms with E-state index in [2.05, 4.69) is 209 Å². The summed E-state index contributed by atoms with van der Waals surface area (Å²) >= 11 is 0. The molecular formula is C52H34N4. The van der Waals surface area contributed by atoms with Gasteiger partial charge in [-0.25, -0.2) is 4.99 Å². The van der Waals surface area contributed by atoms with Gasteiger partial charge in [-0.15, -0.1) is 0 Å². The maximum atomic E-state index is 5.25. The lowest BCUT2D eigenvalue weighted by Crippen LogP contribution is -2.32. The van der Waals surface area contributed by atoms with Crippen molar-refractivity contribution in [2.24, 2.45) is 4.99 Å². The molecule has 1 unspecified atom stereocenters. The van der Waals surface area contributed by atoms with Crippen LogP contribution in [0.15, 0.2) is 199 Å². The Morgan fingerprint density at radius 1 is 0.429 bits per heavy atom. The monoisotopic (exact) mass is 714 g/mol. The van der Waals surface area contributed by atoms with Crippen molar-refractivity contribution in [1.29, 1.82) is 0 Å². The highest BCUT2D eigenvalue weighted by Crippen LogP contribution is 2.48. The van der Waals surface area contributed by atoms with Gasteiger partial charge in [0.15, 0.2) is 0 Å². The zero-order valence-electron chi connectivity index (χ0n) is 30.4. The summed E-state index contributed by atoms with van der Waals surface area (Å²) in [5, 5.41) is 13.9. The molecule has 9 aromatic carbocycles. The number of amidine groups is 1. The smallest absolute Gasteiger partial charge is 0.134 e. The Kier molecular flexibility index (Phi) is 6.66. The fourth-order valence-corrected chi connectivity index (χ4v) is 9.36. The first-order valence-electron chi connectivity index (χ1n) is 19.3. The first-order chi connectivity index (χ1) is 27.8. The topological polar surface area (TPSA) is 34.2 Å². The number of nitrogens with zero attached hydrogens (tertiary/aromatic N) is 3. The van der Waals surface area contributed by atoms with Gasteiger partial charge in [0.2, 0.25) is 0 Å². The zero-order chi connectivity index (χ0) is 36.7. The van der Waals surface area contributed by atoms with Crippen molar-refractivity contribution in [3.8, 4) is 11.4 Å². The average molecular weight is 715 g/mol. The third-order valence-electron chi connectivity index (χ3n) is 11.7. The number of hydrogen-bond donors (Lipinski definition) is 1. The van der Waals surface area contributed by atoms with Gasteiger partial charge in [0, 0.05) is 44.0 Å². The number of rotatable bonds is 4. The van der Waals surface area contributed by atoms with Gasteiger partial charge in [-0.05, 0) is 69.6 Å². The molecule has 3 heterocycles. The molecule has 0 aliphatic carbocycles. The molecule has 4 nitrogen and oxygen atoms in total. The van der Waals surface area contributed by atoms with E-state index in [0.29, 0.717) is 0 Å². The first-order valence-corrected chi connectivity index (χ1v) is 19.3. The number of aromatic nitrogens is 2. The number of aliphatic imine (C=N–C) groups is 1. The fourth-order valence-electron chi connectivity index (χ4n) is 9.36. The van der Waals surface area contributed by atoms with Crippen LogP contribution < -0.4 is 5.32 Å². The minimum Gasteiger partial charge on any atom is -0.359 e. The second kappa shape index (κ2) is 12.0.